The predicted molar refractivity (Wildman–Crippen MR) is 100 cm³/mol. The van der Waals surface area contributed by atoms with Gasteiger partial charge in [-0.25, -0.2) is 0 Å². The van der Waals surface area contributed by atoms with E-state index in [0.717, 1.165) is 5.56 Å². The van der Waals surface area contributed by atoms with Crippen LogP contribution in [0.3, 0.4) is 0 Å². The number of hydrogen-bond acceptors (Lipinski definition) is 5. The van der Waals surface area contributed by atoms with E-state index in [2.05, 4.69) is 21.5 Å². The third-order valence-corrected chi connectivity index (χ3v) is 6.09. The van der Waals surface area contributed by atoms with Crippen molar-refractivity contribution in [3.8, 4) is 12.3 Å². The first-order valence-corrected chi connectivity index (χ1v) is 9.53. The molecule has 3 heterocycles. The summed E-state index contributed by atoms with van der Waals surface area (Å²) in [4.78, 5) is 24.2. The molecule has 2 bridgehead atoms. The standard InChI is InChI=1S/C21H23N3O4/c1-2-3-10-21(23-24-21)11-9-16(25)22-14-19-12-20(13-19,18(26)27)17(28-19)15-7-5-4-6-8-15/h1,4-8,17H,3,9-14H2,(H,22,25)(H,26,27). The molecule has 1 unspecified atom stereocenters. The molecule has 1 amide bonds. The van der Waals surface area contributed by atoms with Crippen molar-refractivity contribution in [2.75, 3.05) is 6.54 Å². The second-order valence-electron chi connectivity index (χ2n) is 8.07. The average molecular weight is 381 g/mol. The van der Waals surface area contributed by atoms with Gasteiger partial charge in [0.05, 0.1) is 11.7 Å². The Labute approximate surface area is 163 Å². The van der Waals surface area contributed by atoms with Crippen molar-refractivity contribution in [3.05, 3.63) is 35.9 Å². The molecular weight excluding hydrogens is 358 g/mol. The van der Waals surface area contributed by atoms with Crippen molar-refractivity contribution < 1.29 is 19.4 Å². The number of carbonyl (C=O) groups is 2. The number of nitrogens with zero attached hydrogens (tertiary/aromatic N) is 2. The normalized spacial score (nSPS) is 30.9. The number of rotatable bonds is 9. The van der Waals surface area contributed by atoms with Crippen LogP contribution in [0, 0.1) is 17.8 Å². The summed E-state index contributed by atoms with van der Waals surface area (Å²) in [5.74, 6) is 1.62. The molecule has 1 aliphatic carbocycles. The molecule has 2 N–H and O–H groups in total. The van der Waals surface area contributed by atoms with Gasteiger partial charge in [0.25, 0.3) is 0 Å². The van der Waals surface area contributed by atoms with E-state index in [9.17, 15) is 14.7 Å². The third kappa shape index (κ3) is 3.18. The number of nitrogens with one attached hydrogen (secondary N) is 1. The first kappa shape index (κ1) is 18.6. The quantitative estimate of drug-likeness (QED) is 0.642. The Hall–Kier alpha value is -2.72. The molecule has 3 fully saturated rings. The minimum absolute atomic E-state index is 0.105. The summed E-state index contributed by atoms with van der Waals surface area (Å²) in [6.45, 7) is 0.315. The van der Waals surface area contributed by atoms with Crippen LogP contribution >= 0.6 is 0 Å². The number of ether oxygens (including phenoxy) is 1. The van der Waals surface area contributed by atoms with E-state index in [0.29, 0.717) is 45.1 Å². The van der Waals surface area contributed by atoms with E-state index in [1.54, 1.807) is 0 Å². The summed E-state index contributed by atoms with van der Waals surface area (Å²) in [6.07, 6.45) is 7.71. The first-order valence-electron chi connectivity index (χ1n) is 9.53. The largest absolute Gasteiger partial charge is 0.481 e. The van der Waals surface area contributed by atoms with Crippen LogP contribution in [-0.2, 0) is 14.3 Å². The number of hydrogen-bond donors (Lipinski definition) is 2. The Morgan fingerprint density at radius 3 is 2.57 bits per heavy atom. The molecule has 3 aliphatic heterocycles. The fourth-order valence-electron chi connectivity index (χ4n) is 4.50. The Morgan fingerprint density at radius 1 is 1.25 bits per heavy atom. The van der Waals surface area contributed by atoms with E-state index < -0.39 is 28.8 Å². The smallest absolute Gasteiger partial charge is 0.312 e. The highest BCUT2D eigenvalue weighted by Gasteiger charge is 2.72. The van der Waals surface area contributed by atoms with E-state index in [1.165, 1.54) is 0 Å². The fourth-order valence-corrected chi connectivity index (χ4v) is 4.50. The molecule has 1 aromatic carbocycles. The van der Waals surface area contributed by atoms with Crippen LogP contribution in [-0.4, -0.2) is 34.8 Å². The van der Waals surface area contributed by atoms with Gasteiger partial charge in [-0.3, -0.25) is 9.59 Å². The van der Waals surface area contributed by atoms with Crippen LogP contribution in [0.15, 0.2) is 40.6 Å². The molecule has 4 aliphatic rings. The van der Waals surface area contributed by atoms with Gasteiger partial charge in [-0.2, -0.15) is 10.2 Å². The van der Waals surface area contributed by atoms with Crippen molar-refractivity contribution in [1.29, 1.82) is 0 Å². The monoisotopic (exact) mass is 381 g/mol. The molecular formula is C21H23N3O4. The van der Waals surface area contributed by atoms with Crippen molar-refractivity contribution in [2.45, 2.75) is 55.9 Å². The van der Waals surface area contributed by atoms with Crippen LogP contribution in [0.5, 0.6) is 0 Å². The summed E-state index contributed by atoms with van der Waals surface area (Å²) < 4.78 is 6.18. The van der Waals surface area contributed by atoms with Gasteiger partial charge in [-0.1, -0.05) is 30.3 Å². The number of fused-ring (bicyclic) bond motifs is 1. The Balaban J connectivity index is 1.32. The number of amides is 1. The number of carboxylic acids is 1. The van der Waals surface area contributed by atoms with E-state index in [1.807, 2.05) is 30.3 Å². The molecule has 0 spiro atoms. The zero-order valence-corrected chi connectivity index (χ0v) is 15.6. The van der Waals surface area contributed by atoms with Gasteiger partial charge >= 0.3 is 5.97 Å². The lowest BCUT2D eigenvalue weighted by Crippen LogP contribution is -2.54. The van der Waals surface area contributed by atoms with Gasteiger partial charge in [0.2, 0.25) is 5.91 Å². The van der Waals surface area contributed by atoms with Crippen molar-refractivity contribution >= 4 is 11.9 Å². The SMILES string of the molecule is C#CCCC1(CCC(=O)NCC23CC(C(=O)O)(C2)C(c2ccccc2)O3)N=N1. The van der Waals surface area contributed by atoms with Crippen molar-refractivity contribution in [2.24, 2.45) is 15.6 Å². The van der Waals surface area contributed by atoms with E-state index in [-0.39, 0.29) is 5.91 Å². The maximum Gasteiger partial charge on any atom is 0.312 e. The number of terminal acetylenes is 1. The highest BCUT2D eigenvalue weighted by atomic mass is 16.5. The predicted octanol–water partition coefficient (Wildman–Crippen LogP) is 2.83. The molecule has 5 rings (SSSR count). The number of benzene rings is 1. The molecule has 1 saturated carbocycles. The van der Waals surface area contributed by atoms with Crippen molar-refractivity contribution in [1.82, 2.24) is 5.32 Å². The number of carboxylic acid groups (broad SMARTS) is 1. The molecule has 0 aromatic heterocycles. The molecule has 7 heteroatoms. The zero-order valence-electron chi connectivity index (χ0n) is 15.6. The Kier molecular flexibility index (Phi) is 4.47. The maximum absolute atomic E-state index is 12.3. The van der Waals surface area contributed by atoms with Gasteiger partial charge in [-0.05, 0) is 18.4 Å². The summed E-state index contributed by atoms with van der Waals surface area (Å²) in [5.41, 5.74) is -1.12. The Bertz CT molecular complexity index is 846. The molecule has 2 saturated heterocycles. The molecule has 146 valence electrons. The summed E-state index contributed by atoms with van der Waals surface area (Å²) >= 11 is 0. The molecule has 1 aromatic rings. The lowest BCUT2D eigenvalue weighted by molar-refractivity contribution is -0.155. The third-order valence-electron chi connectivity index (χ3n) is 6.09. The topological polar surface area (TPSA) is 100 Å². The van der Waals surface area contributed by atoms with Crippen LogP contribution in [0.1, 0.15) is 50.2 Å². The zero-order chi connectivity index (χ0) is 19.8. The Morgan fingerprint density at radius 2 is 1.96 bits per heavy atom. The van der Waals surface area contributed by atoms with E-state index in [4.69, 9.17) is 11.2 Å². The van der Waals surface area contributed by atoms with Crippen LogP contribution < -0.4 is 5.32 Å². The average Bonchev–Trinajstić information content (AvgIpc) is 3.25. The minimum Gasteiger partial charge on any atom is -0.481 e. The molecule has 7 nitrogen and oxygen atoms in total. The second kappa shape index (κ2) is 6.71. The van der Waals surface area contributed by atoms with Crippen LogP contribution in [0.2, 0.25) is 0 Å². The fraction of sp³-hybridized carbons (Fsp3) is 0.524. The minimum atomic E-state index is -0.906. The lowest BCUT2D eigenvalue weighted by atomic mass is 9.59. The van der Waals surface area contributed by atoms with Gasteiger partial charge < -0.3 is 15.2 Å². The highest BCUT2D eigenvalue weighted by Crippen LogP contribution is 2.67. The second-order valence-corrected chi connectivity index (χ2v) is 8.07. The van der Waals surface area contributed by atoms with Gasteiger partial charge in [0.1, 0.15) is 5.41 Å². The number of aliphatic carboxylic acids is 1. The molecule has 0 radical (unpaired) electrons. The van der Waals surface area contributed by atoms with Crippen LogP contribution in [0.25, 0.3) is 0 Å². The van der Waals surface area contributed by atoms with Gasteiger partial charge in [-0.15, -0.1) is 12.3 Å². The first-order chi connectivity index (χ1) is 13.4. The summed E-state index contributed by atoms with van der Waals surface area (Å²) in [7, 11) is 0. The van der Waals surface area contributed by atoms with E-state index >= 15 is 0 Å². The van der Waals surface area contributed by atoms with Gasteiger partial charge in [0, 0.05) is 32.2 Å². The van der Waals surface area contributed by atoms with Gasteiger partial charge in [0.15, 0.2) is 5.66 Å². The maximum atomic E-state index is 12.3. The molecule has 28 heavy (non-hydrogen) atoms. The summed E-state index contributed by atoms with van der Waals surface area (Å²) in [6, 6.07) is 9.42. The number of carbonyl (C=O) groups excluding carboxylic acids is 1. The van der Waals surface area contributed by atoms with Crippen molar-refractivity contribution in [3.63, 3.8) is 0 Å². The van der Waals surface area contributed by atoms with Crippen LogP contribution in [0.4, 0.5) is 0 Å². The summed E-state index contributed by atoms with van der Waals surface area (Å²) in [5, 5.41) is 20.8. The highest BCUT2D eigenvalue weighted by molar-refractivity contribution is 5.79. The molecule has 1 atom stereocenters. The lowest BCUT2D eigenvalue weighted by Gasteiger charge is -2.42.